The highest BCUT2D eigenvalue weighted by atomic mass is 35.5. The first-order valence-electron chi connectivity index (χ1n) is 16.1. The Morgan fingerprint density at radius 1 is 0.936 bits per heavy atom. The Morgan fingerprint density at radius 3 is 2.34 bits per heavy atom. The molecule has 14 heteroatoms. The lowest BCUT2D eigenvalue weighted by molar-refractivity contribution is -0.126. The number of benzene rings is 2. The molecule has 2 aromatic rings. The molecule has 0 radical (unpaired) electrons. The van der Waals surface area contributed by atoms with Crippen LogP contribution in [0.1, 0.15) is 43.2 Å². The summed E-state index contributed by atoms with van der Waals surface area (Å²) in [6, 6.07) is 12.3. The molecule has 2 heterocycles. The van der Waals surface area contributed by atoms with E-state index in [1.807, 2.05) is 35.2 Å². The smallest absolute Gasteiger partial charge is 0.245 e. The normalized spacial score (nSPS) is 20.9. The van der Waals surface area contributed by atoms with Gasteiger partial charge in [-0.1, -0.05) is 35.3 Å². The summed E-state index contributed by atoms with van der Waals surface area (Å²) in [7, 11) is 0. The Bertz CT molecular complexity index is 1400. The van der Waals surface area contributed by atoms with Gasteiger partial charge in [-0.15, -0.1) is 11.8 Å². The molecule has 6 N–H and O–H groups in total. The molecule has 0 bridgehead atoms. The number of hydrogen-bond donors (Lipinski definition) is 6. The molecule has 1 saturated heterocycles. The second kappa shape index (κ2) is 16.5. The van der Waals surface area contributed by atoms with Crippen molar-refractivity contribution in [3.05, 3.63) is 57.6 Å². The third-order valence-corrected chi connectivity index (χ3v) is 10.9. The number of thioether (sulfide) groups is 1. The van der Waals surface area contributed by atoms with Crippen molar-refractivity contribution >= 4 is 58.2 Å². The molecule has 3 aliphatic rings. The first-order chi connectivity index (χ1) is 22.6. The van der Waals surface area contributed by atoms with Gasteiger partial charge in [0.15, 0.2) is 0 Å². The monoisotopic (exact) mass is 710 g/mol. The van der Waals surface area contributed by atoms with Gasteiger partial charge in [0.25, 0.3) is 0 Å². The summed E-state index contributed by atoms with van der Waals surface area (Å²) in [5.74, 6) is 1.21. The van der Waals surface area contributed by atoms with Crippen LogP contribution in [0.2, 0.25) is 10.0 Å². The van der Waals surface area contributed by atoms with Gasteiger partial charge in [-0.25, -0.2) is 0 Å². The summed E-state index contributed by atoms with van der Waals surface area (Å²) in [4.78, 5) is 32.7. The van der Waals surface area contributed by atoms with Gasteiger partial charge in [-0.05, 0) is 67.5 Å². The minimum Gasteiger partial charge on any atom is -0.394 e. The van der Waals surface area contributed by atoms with Gasteiger partial charge >= 0.3 is 0 Å². The summed E-state index contributed by atoms with van der Waals surface area (Å²) in [5, 5.41) is 51.5. The number of hydrogen-bond acceptors (Lipinski definition) is 10. The zero-order valence-corrected chi connectivity index (χ0v) is 28.5. The number of anilines is 2. The molecule has 1 saturated carbocycles. The van der Waals surface area contributed by atoms with Crippen molar-refractivity contribution in [3.8, 4) is 0 Å². The van der Waals surface area contributed by atoms with E-state index >= 15 is 0 Å². The quantitative estimate of drug-likeness (QED) is 0.151. The zero-order valence-electron chi connectivity index (χ0n) is 26.2. The highest BCUT2D eigenvalue weighted by Gasteiger charge is 2.40. The lowest BCUT2D eigenvalue weighted by Crippen LogP contribution is -2.52. The van der Waals surface area contributed by atoms with Crippen molar-refractivity contribution in [1.82, 2.24) is 10.2 Å². The number of nitrogens with zero attached hydrogens (tertiary/aromatic N) is 3. The van der Waals surface area contributed by atoms with Gasteiger partial charge in [0.2, 0.25) is 11.8 Å². The lowest BCUT2D eigenvalue weighted by atomic mass is 10.0. The van der Waals surface area contributed by atoms with Crippen molar-refractivity contribution in [1.29, 1.82) is 0 Å². The number of unbranched alkanes of at least 4 members (excludes halogenated alkanes) is 1. The van der Waals surface area contributed by atoms with E-state index in [2.05, 4.69) is 21.2 Å². The molecule has 0 spiro atoms. The second-order valence-electron chi connectivity index (χ2n) is 12.5. The first-order valence-corrected chi connectivity index (χ1v) is 18.1. The fraction of sp³-hybridized carbons (Fsp3) is 0.576. The number of carbonyl (C=O) groups excluding carboxylic acids is 2. The average molecular weight is 712 g/mol. The predicted octanol–water partition coefficient (Wildman–Crippen LogP) is 2.15. The maximum absolute atomic E-state index is 13.9. The third kappa shape index (κ3) is 8.92. The summed E-state index contributed by atoms with van der Waals surface area (Å²) in [5.41, 5.74) is 3.85. The second-order valence-corrected chi connectivity index (χ2v) is 14.3. The van der Waals surface area contributed by atoms with E-state index in [1.54, 1.807) is 11.8 Å². The van der Waals surface area contributed by atoms with E-state index in [9.17, 15) is 30.0 Å². The number of amides is 2. The number of nitrogens with one attached hydrogen (secondary N) is 1. The highest BCUT2D eigenvalue weighted by Crippen LogP contribution is 2.41. The molecule has 0 aromatic heterocycles. The van der Waals surface area contributed by atoms with Crippen LogP contribution in [-0.4, -0.2) is 117 Å². The van der Waals surface area contributed by atoms with Crippen LogP contribution in [0.5, 0.6) is 0 Å². The fourth-order valence-electron chi connectivity index (χ4n) is 6.17. The SMILES string of the molecule is O=C(CCCCc1cc(Cl)c(CN2CSC[C@H]2C(=O)N2CCN(C3CC3)c3ccccc32)cc1Cl)NC[C@H](O)[C@@H](O)[C@H](O)[C@H](O)CO. The molecule has 2 aliphatic heterocycles. The van der Waals surface area contributed by atoms with Crippen LogP contribution in [0.3, 0.4) is 0 Å². The molecule has 5 atom stereocenters. The number of carbonyl (C=O) groups is 2. The van der Waals surface area contributed by atoms with E-state index in [0.717, 1.165) is 40.7 Å². The fourth-order valence-corrected chi connectivity index (χ4v) is 7.89. The Morgan fingerprint density at radius 2 is 1.62 bits per heavy atom. The van der Waals surface area contributed by atoms with Crippen LogP contribution in [-0.2, 0) is 22.6 Å². The minimum absolute atomic E-state index is 0.115. The van der Waals surface area contributed by atoms with Crippen LogP contribution in [0.4, 0.5) is 11.4 Å². The van der Waals surface area contributed by atoms with Crippen molar-refractivity contribution in [2.45, 2.75) is 81.6 Å². The summed E-state index contributed by atoms with van der Waals surface area (Å²) >= 11 is 15.2. The largest absolute Gasteiger partial charge is 0.394 e. The van der Waals surface area contributed by atoms with Crippen LogP contribution < -0.4 is 15.1 Å². The van der Waals surface area contributed by atoms with Crippen molar-refractivity contribution < 1.29 is 35.1 Å². The van der Waals surface area contributed by atoms with E-state index < -0.39 is 31.0 Å². The molecule has 11 nitrogen and oxygen atoms in total. The predicted molar refractivity (Wildman–Crippen MR) is 184 cm³/mol. The Kier molecular flexibility index (Phi) is 12.7. The topological polar surface area (TPSA) is 157 Å². The van der Waals surface area contributed by atoms with Crippen LogP contribution >= 0.6 is 35.0 Å². The minimum atomic E-state index is -1.75. The van der Waals surface area contributed by atoms with Crippen LogP contribution in [0.25, 0.3) is 0 Å². The molecular weight excluding hydrogens is 667 g/mol. The van der Waals surface area contributed by atoms with E-state index in [0.29, 0.717) is 48.4 Å². The first kappa shape index (κ1) is 36.2. The van der Waals surface area contributed by atoms with E-state index in [4.69, 9.17) is 28.3 Å². The van der Waals surface area contributed by atoms with Gasteiger partial charge in [-0.3, -0.25) is 14.5 Å². The molecular formula is C33H44Cl2N4O7S. The van der Waals surface area contributed by atoms with Gasteiger partial charge in [0.05, 0.1) is 30.1 Å². The zero-order chi connectivity index (χ0) is 33.7. The Hall–Kier alpha value is -2.13. The Labute approximate surface area is 289 Å². The summed E-state index contributed by atoms with van der Waals surface area (Å²) in [6.45, 7) is 0.933. The highest BCUT2D eigenvalue weighted by molar-refractivity contribution is 7.99. The van der Waals surface area contributed by atoms with Crippen molar-refractivity contribution in [2.24, 2.45) is 0 Å². The van der Waals surface area contributed by atoms with Gasteiger partial charge in [0, 0.05) is 60.3 Å². The molecule has 1 aliphatic carbocycles. The molecule has 2 fully saturated rings. The number of fused-ring (bicyclic) bond motifs is 1. The number of halogens is 2. The van der Waals surface area contributed by atoms with Crippen molar-refractivity contribution in [3.63, 3.8) is 0 Å². The average Bonchev–Trinajstić information content (AvgIpc) is 3.82. The van der Waals surface area contributed by atoms with Gasteiger partial charge in [0.1, 0.15) is 18.3 Å². The van der Waals surface area contributed by atoms with Crippen LogP contribution in [0, 0.1) is 0 Å². The number of para-hydroxylation sites is 2. The molecule has 0 unspecified atom stereocenters. The maximum atomic E-state index is 13.9. The number of aliphatic hydroxyl groups is 5. The van der Waals surface area contributed by atoms with Crippen molar-refractivity contribution in [2.75, 3.05) is 47.7 Å². The number of aliphatic hydroxyl groups excluding tert-OH is 5. The van der Waals surface area contributed by atoms with Gasteiger partial charge in [-0.2, -0.15) is 0 Å². The molecule has 2 amide bonds. The summed E-state index contributed by atoms with van der Waals surface area (Å²) < 4.78 is 0. The van der Waals surface area contributed by atoms with E-state index in [-0.39, 0.29) is 30.8 Å². The maximum Gasteiger partial charge on any atom is 0.245 e. The number of rotatable bonds is 15. The Balaban J connectivity index is 1.10. The summed E-state index contributed by atoms with van der Waals surface area (Å²) in [6.07, 6.45) is -2.20. The molecule has 2 aromatic carbocycles. The molecule has 258 valence electrons. The molecule has 5 rings (SSSR count). The number of aryl methyl sites for hydroxylation is 1. The lowest BCUT2D eigenvalue weighted by Gasteiger charge is -2.39. The van der Waals surface area contributed by atoms with E-state index in [1.165, 1.54) is 12.8 Å². The van der Waals surface area contributed by atoms with Gasteiger partial charge < -0.3 is 40.6 Å². The van der Waals surface area contributed by atoms with Crippen LogP contribution in [0.15, 0.2) is 36.4 Å². The standard InChI is InChI=1S/C33H44Cl2N4O7S/c34-23-14-21(24(35)13-20(23)5-1-4-8-30(43)36-15-28(41)31(44)32(45)29(42)17-40)16-37-19-47-18-27(37)33(46)39-12-11-38(22-9-10-22)25-6-2-3-7-26(25)39/h2-3,6-7,13-14,22,27-29,31-32,40-42,44-45H,1,4-5,8-12,15-19H2,(H,36,43)/t27-,28-,29+,31+,32+/m0/s1. The molecule has 47 heavy (non-hydrogen) atoms. The third-order valence-electron chi connectivity index (χ3n) is 9.08.